The number of carbonyl (C=O) groups is 4. The highest BCUT2D eigenvalue weighted by molar-refractivity contribution is 6.30. The number of benzene rings is 3. The molecule has 206 valence electrons. The van der Waals surface area contributed by atoms with Crippen molar-refractivity contribution >= 4 is 41.0 Å². The Morgan fingerprint density at radius 2 is 1.40 bits per heavy atom. The van der Waals surface area contributed by atoms with Crippen molar-refractivity contribution < 1.29 is 23.9 Å². The summed E-state index contributed by atoms with van der Waals surface area (Å²) in [5.41, 5.74) is 3.44. The van der Waals surface area contributed by atoms with Crippen LogP contribution in [0.5, 0.6) is 0 Å². The molecule has 1 fully saturated rings. The predicted molar refractivity (Wildman–Crippen MR) is 151 cm³/mol. The lowest BCUT2D eigenvalue weighted by Crippen LogP contribution is -2.39. The highest BCUT2D eigenvalue weighted by Gasteiger charge is 2.30. The maximum Gasteiger partial charge on any atom is 0.338 e. The summed E-state index contributed by atoms with van der Waals surface area (Å²) < 4.78 is 5.18. The number of hydrogen-bond acceptors (Lipinski definition) is 5. The standard InChI is InChI=1S/C31H30ClN3O5/c1-2-40-31(39)24-9-10-25-19-34(30(38)23-11-13-26(32)14-12-23)20-28(36)35(27(25)17-24)18-21-5-7-22(8-6-21)29(37)33-15-3-4-16-33/h5-14,17H,2-4,15-16,18-20H2,1H3. The van der Waals surface area contributed by atoms with Crippen LogP contribution in [-0.2, 0) is 22.6 Å². The fraction of sp³-hybridized carbons (Fsp3) is 0.290. The molecule has 0 bridgehead atoms. The van der Waals surface area contributed by atoms with Gasteiger partial charge in [-0.25, -0.2) is 4.79 Å². The van der Waals surface area contributed by atoms with Crippen LogP contribution in [0.15, 0.2) is 66.7 Å². The molecule has 0 spiro atoms. The Hall–Kier alpha value is -4.17. The SMILES string of the molecule is CCOC(=O)c1ccc2c(c1)N(Cc1ccc(C(=O)N3CCCC3)cc1)C(=O)CN(C(=O)c1ccc(Cl)cc1)C2. The van der Waals surface area contributed by atoms with E-state index in [-0.39, 0.29) is 44.0 Å². The molecule has 0 saturated carbocycles. The lowest BCUT2D eigenvalue weighted by atomic mass is 10.1. The minimum absolute atomic E-state index is 0.00989. The van der Waals surface area contributed by atoms with E-state index in [4.69, 9.17) is 16.3 Å². The number of nitrogens with zero attached hydrogens (tertiary/aromatic N) is 3. The van der Waals surface area contributed by atoms with E-state index in [2.05, 4.69) is 0 Å². The van der Waals surface area contributed by atoms with Crippen LogP contribution in [0.25, 0.3) is 0 Å². The van der Waals surface area contributed by atoms with Crippen molar-refractivity contribution in [3.63, 3.8) is 0 Å². The zero-order valence-electron chi connectivity index (χ0n) is 22.3. The summed E-state index contributed by atoms with van der Waals surface area (Å²) in [6.07, 6.45) is 2.04. The predicted octanol–water partition coefficient (Wildman–Crippen LogP) is 4.94. The van der Waals surface area contributed by atoms with Crippen LogP contribution in [0, 0.1) is 0 Å². The number of likely N-dealkylation sites (tertiary alicyclic amines) is 1. The molecule has 1 saturated heterocycles. The zero-order chi connectivity index (χ0) is 28.2. The molecule has 0 unspecified atom stereocenters. The van der Waals surface area contributed by atoms with E-state index < -0.39 is 5.97 Å². The van der Waals surface area contributed by atoms with Gasteiger partial charge in [0.05, 0.1) is 18.7 Å². The third-order valence-corrected chi connectivity index (χ3v) is 7.44. The second-order valence-electron chi connectivity index (χ2n) is 9.91. The van der Waals surface area contributed by atoms with E-state index in [1.54, 1.807) is 66.4 Å². The monoisotopic (exact) mass is 559 g/mol. The molecule has 2 aliphatic rings. The number of ether oxygens (including phenoxy) is 1. The Morgan fingerprint density at radius 3 is 2.05 bits per heavy atom. The van der Waals surface area contributed by atoms with Crippen LogP contribution < -0.4 is 4.90 Å². The van der Waals surface area contributed by atoms with Gasteiger partial charge in [-0.2, -0.15) is 0 Å². The molecule has 2 aliphatic heterocycles. The molecule has 0 atom stereocenters. The average Bonchev–Trinajstić information content (AvgIpc) is 3.47. The Bertz CT molecular complexity index is 1430. The topological polar surface area (TPSA) is 87.2 Å². The van der Waals surface area contributed by atoms with Crippen LogP contribution in [0.2, 0.25) is 5.02 Å². The van der Waals surface area contributed by atoms with Gasteiger partial charge in [-0.15, -0.1) is 0 Å². The van der Waals surface area contributed by atoms with Crippen LogP contribution in [0.4, 0.5) is 5.69 Å². The Morgan fingerprint density at radius 1 is 0.800 bits per heavy atom. The third kappa shape index (κ3) is 5.87. The zero-order valence-corrected chi connectivity index (χ0v) is 23.0. The molecule has 0 N–H and O–H groups in total. The van der Waals surface area contributed by atoms with Crippen molar-refractivity contribution in [3.05, 3.63) is 99.6 Å². The number of halogens is 1. The van der Waals surface area contributed by atoms with Gasteiger partial charge in [-0.3, -0.25) is 14.4 Å². The Labute approximate surface area is 238 Å². The lowest BCUT2D eigenvalue weighted by molar-refractivity contribution is -0.119. The number of anilines is 1. The van der Waals surface area contributed by atoms with Gasteiger partial charge in [-0.05, 0) is 79.4 Å². The summed E-state index contributed by atoms with van der Waals surface area (Å²) >= 11 is 5.99. The van der Waals surface area contributed by atoms with Gasteiger partial charge in [0, 0.05) is 41.5 Å². The number of amides is 3. The van der Waals surface area contributed by atoms with Crippen LogP contribution in [0.3, 0.4) is 0 Å². The fourth-order valence-corrected chi connectivity index (χ4v) is 5.19. The van der Waals surface area contributed by atoms with Crippen LogP contribution in [0.1, 0.15) is 62.0 Å². The third-order valence-electron chi connectivity index (χ3n) is 7.19. The first-order valence-electron chi connectivity index (χ1n) is 13.4. The smallest absolute Gasteiger partial charge is 0.338 e. The molecule has 0 aromatic heterocycles. The number of fused-ring (bicyclic) bond motifs is 1. The van der Waals surface area contributed by atoms with Crippen molar-refractivity contribution in [2.45, 2.75) is 32.9 Å². The van der Waals surface area contributed by atoms with Gasteiger partial charge in [0.1, 0.15) is 6.54 Å². The second kappa shape index (κ2) is 11.9. The summed E-state index contributed by atoms with van der Waals surface area (Å²) in [6, 6.07) is 18.8. The number of carbonyl (C=O) groups excluding carboxylic acids is 4. The van der Waals surface area contributed by atoms with Gasteiger partial charge >= 0.3 is 5.97 Å². The Kier molecular flexibility index (Phi) is 8.16. The van der Waals surface area contributed by atoms with Gasteiger partial charge in [0.25, 0.3) is 11.8 Å². The molecule has 0 radical (unpaired) electrons. The molecule has 5 rings (SSSR count). The number of esters is 1. The molecule has 3 amide bonds. The first-order chi connectivity index (χ1) is 19.3. The molecule has 3 aromatic rings. The molecule has 40 heavy (non-hydrogen) atoms. The normalized spacial score (nSPS) is 15.1. The summed E-state index contributed by atoms with van der Waals surface area (Å²) in [7, 11) is 0. The van der Waals surface area contributed by atoms with E-state index in [1.165, 1.54) is 4.90 Å². The van der Waals surface area contributed by atoms with Crippen LogP contribution in [-0.4, -0.2) is 59.7 Å². The molecule has 2 heterocycles. The molecular weight excluding hydrogens is 530 g/mol. The maximum atomic E-state index is 13.7. The summed E-state index contributed by atoms with van der Waals surface area (Å²) in [5.74, 6) is -1.06. The lowest BCUT2D eigenvalue weighted by Gasteiger charge is -2.24. The van der Waals surface area contributed by atoms with Gasteiger partial charge < -0.3 is 19.4 Å². The van der Waals surface area contributed by atoms with Crippen molar-refractivity contribution in [3.8, 4) is 0 Å². The van der Waals surface area contributed by atoms with Crippen LogP contribution >= 0.6 is 11.6 Å². The van der Waals surface area contributed by atoms with Gasteiger partial charge in [0.15, 0.2) is 0 Å². The van der Waals surface area contributed by atoms with E-state index in [0.717, 1.165) is 37.1 Å². The van der Waals surface area contributed by atoms with E-state index in [0.29, 0.717) is 27.4 Å². The molecule has 3 aromatic carbocycles. The summed E-state index contributed by atoms with van der Waals surface area (Å²) in [6.45, 7) is 3.75. The molecule has 8 nitrogen and oxygen atoms in total. The highest BCUT2D eigenvalue weighted by atomic mass is 35.5. The number of hydrogen-bond donors (Lipinski definition) is 0. The summed E-state index contributed by atoms with van der Waals surface area (Å²) in [4.78, 5) is 57.3. The van der Waals surface area contributed by atoms with E-state index in [9.17, 15) is 19.2 Å². The maximum absolute atomic E-state index is 13.7. The minimum atomic E-state index is -0.485. The van der Waals surface area contributed by atoms with E-state index in [1.807, 2.05) is 17.0 Å². The average molecular weight is 560 g/mol. The highest BCUT2D eigenvalue weighted by Crippen LogP contribution is 2.30. The first kappa shape index (κ1) is 27.4. The minimum Gasteiger partial charge on any atom is -0.462 e. The Balaban J connectivity index is 1.45. The molecular formula is C31H30ClN3O5. The van der Waals surface area contributed by atoms with Gasteiger partial charge in [0.2, 0.25) is 5.91 Å². The van der Waals surface area contributed by atoms with Crippen molar-refractivity contribution in [2.75, 3.05) is 31.1 Å². The molecule has 9 heteroatoms. The fourth-order valence-electron chi connectivity index (χ4n) is 5.06. The number of rotatable bonds is 6. The molecule has 0 aliphatic carbocycles. The van der Waals surface area contributed by atoms with E-state index >= 15 is 0 Å². The summed E-state index contributed by atoms with van der Waals surface area (Å²) in [5, 5.41) is 0.514. The van der Waals surface area contributed by atoms with Crippen molar-refractivity contribution in [1.29, 1.82) is 0 Å². The quantitative estimate of drug-likeness (QED) is 0.399. The largest absolute Gasteiger partial charge is 0.462 e. The van der Waals surface area contributed by atoms with Crippen molar-refractivity contribution in [1.82, 2.24) is 9.80 Å². The first-order valence-corrected chi connectivity index (χ1v) is 13.8. The van der Waals surface area contributed by atoms with Crippen molar-refractivity contribution in [2.24, 2.45) is 0 Å². The van der Waals surface area contributed by atoms with Gasteiger partial charge in [-0.1, -0.05) is 29.8 Å². The second-order valence-corrected chi connectivity index (χ2v) is 10.3.